The zero-order valence-electron chi connectivity index (χ0n) is 8.33. The van der Waals surface area contributed by atoms with Crippen LogP contribution in [0.15, 0.2) is 6.20 Å². The first-order valence-corrected chi connectivity index (χ1v) is 6.10. The van der Waals surface area contributed by atoms with Crippen molar-refractivity contribution in [3.8, 4) is 0 Å². The lowest BCUT2D eigenvalue weighted by atomic mass is 9.95. The largest absolute Gasteiger partial charge is 0.375 e. The second-order valence-corrected chi connectivity index (χ2v) is 5.03. The van der Waals surface area contributed by atoms with Gasteiger partial charge in [-0.3, -0.25) is 0 Å². The molecule has 1 saturated carbocycles. The molecule has 0 aliphatic heterocycles. The number of hydrogen-bond acceptors (Lipinski definition) is 4. The standard InChI is InChI=1S/C10H17N3S/c11-10-13-7-9(14-10)6-12-8-4-2-1-3-5-8/h7-8,12H,1-6H2,(H2,11,13). The molecular formula is C10H17N3S. The van der Waals surface area contributed by atoms with Gasteiger partial charge in [-0.25, -0.2) is 4.98 Å². The molecule has 0 amide bonds. The highest BCUT2D eigenvalue weighted by atomic mass is 32.1. The van der Waals surface area contributed by atoms with Gasteiger partial charge in [-0.15, -0.1) is 11.3 Å². The third-order valence-corrected chi connectivity index (χ3v) is 3.57. The predicted octanol–water partition coefficient (Wildman–Crippen LogP) is 2.15. The molecule has 1 heterocycles. The zero-order chi connectivity index (χ0) is 9.80. The minimum atomic E-state index is 0.672. The minimum Gasteiger partial charge on any atom is -0.375 e. The summed E-state index contributed by atoms with van der Waals surface area (Å²) >= 11 is 1.58. The molecule has 78 valence electrons. The first-order valence-electron chi connectivity index (χ1n) is 5.28. The Labute approximate surface area is 88.7 Å². The van der Waals surface area contributed by atoms with Crippen LogP contribution >= 0.6 is 11.3 Å². The molecule has 0 spiro atoms. The predicted molar refractivity (Wildman–Crippen MR) is 60.2 cm³/mol. The number of nitrogens with one attached hydrogen (secondary N) is 1. The molecular weight excluding hydrogens is 194 g/mol. The molecule has 1 aromatic heterocycles. The fourth-order valence-electron chi connectivity index (χ4n) is 1.96. The van der Waals surface area contributed by atoms with E-state index in [0.29, 0.717) is 11.2 Å². The van der Waals surface area contributed by atoms with E-state index in [4.69, 9.17) is 5.73 Å². The molecule has 0 aromatic carbocycles. The van der Waals surface area contributed by atoms with Crippen molar-refractivity contribution in [3.63, 3.8) is 0 Å². The van der Waals surface area contributed by atoms with E-state index in [-0.39, 0.29) is 0 Å². The first kappa shape index (κ1) is 9.93. The minimum absolute atomic E-state index is 0.672. The Hall–Kier alpha value is -0.610. The molecule has 1 fully saturated rings. The average molecular weight is 211 g/mol. The molecule has 1 aliphatic carbocycles. The van der Waals surface area contributed by atoms with Gasteiger partial charge in [0.25, 0.3) is 0 Å². The molecule has 1 aromatic rings. The van der Waals surface area contributed by atoms with Crippen LogP contribution < -0.4 is 11.1 Å². The highest BCUT2D eigenvalue weighted by Crippen LogP contribution is 2.19. The van der Waals surface area contributed by atoms with Gasteiger partial charge in [-0.2, -0.15) is 0 Å². The smallest absolute Gasteiger partial charge is 0.180 e. The second-order valence-electron chi connectivity index (χ2n) is 3.88. The van der Waals surface area contributed by atoms with E-state index in [1.807, 2.05) is 6.20 Å². The van der Waals surface area contributed by atoms with Gasteiger partial charge in [-0.05, 0) is 12.8 Å². The molecule has 0 bridgehead atoms. The average Bonchev–Trinajstić information content (AvgIpc) is 2.63. The van der Waals surface area contributed by atoms with Gasteiger partial charge in [0.05, 0.1) is 0 Å². The summed E-state index contributed by atoms with van der Waals surface area (Å²) in [6.07, 6.45) is 8.69. The molecule has 4 heteroatoms. The molecule has 0 unspecified atom stereocenters. The van der Waals surface area contributed by atoms with Crippen LogP contribution in [0, 0.1) is 0 Å². The molecule has 3 N–H and O–H groups in total. The highest BCUT2D eigenvalue weighted by molar-refractivity contribution is 7.15. The van der Waals surface area contributed by atoms with Crippen molar-refractivity contribution in [2.75, 3.05) is 5.73 Å². The number of thiazole rings is 1. The Morgan fingerprint density at radius 2 is 2.21 bits per heavy atom. The summed E-state index contributed by atoms with van der Waals surface area (Å²) in [5, 5.41) is 4.24. The molecule has 0 saturated heterocycles. The number of nitrogens with zero attached hydrogens (tertiary/aromatic N) is 1. The van der Waals surface area contributed by atoms with Gasteiger partial charge in [-0.1, -0.05) is 19.3 Å². The van der Waals surface area contributed by atoms with Gasteiger partial charge in [0.1, 0.15) is 0 Å². The van der Waals surface area contributed by atoms with Crippen molar-refractivity contribution >= 4 is 16.5 Å². The van der Waals surface area contributed by atoms with Crippen LogP contribution in [0.3, 0.4) is 0 Å². The lowest BCUT2D eigenvalue weighted by molar-refractivity contribution is 0.373. The van der Waals surface area contributed by atoms with Gasteiger partial charge in [0, 0.05) is 23.7 Å². The SMILES string of the molecule is Nc1ncc(CNC2CCCCC2)s1. The summed E-state index contributed by atoms with van der Waals surface area (Å²) in [4.78, 5) is 5.28. The van der Waals surface area contributed by atoms with Crippen LogP contribution in [-0.4, -0.2) is 11.0 Å². The summed E-state index contributed by atoms with van der Waals surface area (Å²) < 4.78 is 0. The Bertz CT molecular complexity index is 279. The third kappa shape index (κ3) is 2.69. The maximum Gasteiger partial charge on any atom is 0.180 e. The highest BCUT2D eigenvalue weighted by Gasteiger charge is 2.12. The number of nitrogens with two attached hydrogens (primary N) is 1. The molecule has 3 nitrogen and oxygen atoms in total. The quantitative estimate of drug-likeness (QED) is 0.805. The Morgan fingerprint density at radius 1 is 1.43 bits per heavy atom. The van der Waals surface area contributed by atoms with E-state index in [1.54, 1.807) is 11.3 Å². The molecule has 1 aliphatic rings. The van der Waals surface area contributed by atoms with Crippen molar-refractivity contribution in [1.29, 1.82) is 0 Å². The van der Waals surface area contributed by atoms with Gasteiger partial charge in [0.2, 0.25) is 0 Å². The number of rotatable bonds is 3. The van der Waals surface area contributed by atoms with E-state index in [1.165, 1.54) is 37.0 Å². The number of hydrogen-bond donors (Lipinski definition) is 2. The van der Waals surface area contributed by atoms with E-state index < -0.39 is 0 Å². The van der Waals surface area contributed by atoms with Crippen LogP contribution in [0.2, 0.25) is 0 Å². The fraction of sp³-hybridized carbons (Fsp3) is 0.700. The molecule has 0 radical (unpaired) electrons. The fourth-order valence-corrected chi connectivity index (χ4v) is 2.59. The lowest BCUT2D eigenvalue weighted by Gasteiger charge is -2.22. The van der Waals surface area contributed by atoms with Crippen molar-refractivity contribution in [2.24, 2.45) is 0 Å². The normalized spacial score (nSPS) is 18.6. The lowest BCUT2D eigenvalue weighted by Crippen LogP contribution is -2.30. The van der Waals surface area contributed by atoms with Crippen LogP contribution in [0.4, 0.5) is 5.13 Å². The summed E-state index contributed by atoms with van der Waals surface area (Å²) in [7, 11) is 0. The zero-order valence-corrected chi connectivity index (χ0v) is 9.15. The number of aromatic nitrogens is 1. The Balaban J connectivity index is 1.76. The van der Waals surface area contributed by atoms with Crippen LogP contribution in [0.25, 0.3) is 0 Å². The van der Waals surface area contributed by atoms with Crippen LogP contribution in [0.5, 0.6) is 0 Å². The molecule has 2 rings (SSSR count). The second kappa shape index (κ2) is 4.75. The summed E-state index contributed by atoms with van der Waals surface area (Å²) in [5.74, 6) is 0. The van der Waals surface area contributed by atoms with Gasteiger partial charge < -0.3 is 11.1 Å². The Kier molecular flexibility index (Phi) is 3.37. The summed E-state index contributed by atoms with van der Waals surface area (Å²) in [5.41, 5.74) is 5.57. The monoisotopic (exact) mass is 211 g/mol. The van der Waals surface area contributed by atoms with Crippen molar-refractivity contribution in [3.05, 3.63) is 11.1 Å². The van der Waals surface area contributed by atoms with Crippen LogP contribution in [0.1, 0.15) is 37.0 Å². The topological polar surface area (TPSA) is 50.9 Å². The van der Waals surface area contributed by atoms with Crippen molar-refractivity contribution in [1.82, 2.24) is 10.3 Å². The van der Waals surface area contributed by atoms with E-state index in [2.05, 4.69) is 10.3 Å². The van der Waals surface area contributed by atoms with E-state index >= 15 is 0 Å². The van der Waals surface area contributed by atoms with Crippen molar-refractivity contribution in [2.45, 2.75) is 44.7 Å². The first-order chi connectivity index (χ1) is 6.84. The van der Waals surface area contributed by atoms with Gasteiger partial charge in [0.15, 0.2) is 5.13 Å². The van der Waals surface area contributed by atoms with E-state index in [0.717, 1.165) is 6.54 Å². The maximum atomic E-state index is 5.57. The summed E-state index contributed by atoms with van der Waals surface area (Å²) in [6.45, 7) is 0.930. The van der Waals surface area contributed by atoms with Crippen molar-refractivity contribution < 1.29 is 0 Å². The molecule has 0 atom stereocenters. The number of anilines is 1. The number of nitrogen functional groups attached to an aromatic ring is 1. The Morgan fingerprint density at radius 3 is 2.86 bits per heavy atom. The van der Waals surface area contributed by atoms with E-state index in [9.17, 15) is 0 Å². The molecule has 14 heavy (non-hydrogen) atoms. The van der Waals surface area contributed by atoms with Crippen LogP contribution in [-0.2, 0) is 6.54 Å². The third-order valence-electron chi connectivity index (χ3n) is 2.74. The summed E-state index contributed by atoms with van der Waals surface area (Å²) in [6, 6.07) is 0.715. The maximum absolute atomic E-state index is 5.57. The van der Waals surface area contributed by atoms with Gasteiger partial charge >= 0.3 is 0 Å².